The molecular weight excluding hydrogens is 267 g/mol. The van der Waals surface area contributed by atoms with Crippen LogP contribution in [0, 0.1) is 5.82 Å². The third-order valence-corrected chi connectivity index (χ3v) is 4.14. The lowest BCUT2D eigenvalue weighted by molar-refractivity contribution is -0.129. The first-order valence-electron chi connectivity index (χ1n) is 7.59. The number of nitrogens with one attached hydrogen (secondary N) is 1. The summed E-state index contributed by atoms with van der Waals surface area (Å²) in [7, 11) is 0. The molecule has 3 nitrogen and oxygen atoms in total. The fourth-order valence-electron chi connectivity index (χ4n) is 2.66. The molecule has 1 amide bonds. The molecule has 0 unspecified atom stereocenters. The normalized spacial score (nSPS) is 16.9. The topological polar surface area (TPSA) is 32.3 Å². The Bertz CT molecular complexity index is 514. The van der Waals surface area contributed by atoms with Gasteiger partial charge < -0.3 is 10.2 Å². The van der Waals surface area contributed by atoms with Crippen molar-refractivity contribution in [1.82, 2.24) is 4.90 Å². The molecule has 0 atom stereocenters. The number of carbonyl (C=O) groups is 1. The Labute approximate surface area is 126 Å². The molecule has 1 aliphatic heterocycles. The molecule has 1 aliphatic rings. The van der Waals surface area contributed by atoms with E-state index >= 15 is 0 Å². The molecule has 0 aromatic heterocycles. The first kappa shape index (κ1) is 15.8. The first-order chi connectivity index (χ1) is 9.77. The molecule has 0 bridgehead atoms. The highest BCUT2D eigenvalue weighted by Crippen LogP contribution is 2.27. The molecule has 21 heavy (non-hydrogen) atoms. The van der Waals surface area contributed by atoms with E-state index < -0.39 is 0 Å². The van der Waals surface area contributed by atoms with Crippen LogP contribution in [0.15, 0.2) is 18.2 Å². The molecule has 1 aromatic rings. The van der Waals surface area contributed by atoms with Crippen LogP contribution in [0.1, 0.15) is 46.1 Å². The maximum absolute atomic E-state index is 14.2. The number of likely N-dealkylation sites (tertiary alicyclic amines) is 1. The van der Waals surface area contributed by atoms with Gasteiger partial charge in [0.2, 0.25) is 5.91 Å². The van der Waals surface area contributed by atoms with Crippen molar-refractivity contribution < 1.29 is 9.18 Å². The van der Waals surface area contributed by atoms with Crippen molar-refractivity contribution >= 4 is 11.6 Å². The van der Waals surface area contributed by atoms with Gasteiger partial charge in [-0.2, -0.15) is 0 Å². The van der Waals surface area contributed by atoms with E-state index in [1.165, 1.54) is 0 Å². The number of anilines is 1. The van der Waals surface area contributed by atoms with E-state index in [-0.39, 0.29) is 23.2 Å². The predicted molar refractivity (Wildman–Crippen MR) is 84.0 cm³/mol. The Morgan fingerprint density at radius 2 is 1.90 bits per heavy atom. The Morgan fingerprint density at radius 3 is 2.38 bits per heavy atom. The second kappa shape index (κ2) is 6.04. The van der Waals surface area contributed by atoms with Crippen LogP contribution in [0.5, 0.6) is 0 Å². The number of hydrogen-bond donors (Lipinski definition) is 1. The average molecular weight is 292 g/mol. The minimum atomic E-state index is -0.198. The molecule has 116 valence electrons. The van der Waals surface area contributed by atoms with Crippen LogP contribution in [0.25, 0.3) is 0 Å². The molecule has 0 radical (unpaired) electrons. The first-order valence-corrected chi connectivity index (χ1v) is 7.59. The predicted octanol–water partition coefficient (Wildman–Crippen LogP) is 3.55. The third kappa shape index (κ3) is 3.96. The summed E-state index contributed by atoms with van der Waals surface area (Å²) in [6.07, 6.45) is 1.72. The summed E-state index contributed by atoms with van der Waals surface area (Å²) >= 11 is 0. The molecule has 1 heterocycles. The van der Waals surface area contributed by atoms with Gasteiger partial charge >= 0.3 is 0 Å². The quantitative estimate of drug-likeness (QED) is 0.904. The van der Waals surface area contributed by atoms with Gasteiger partial charge in [0.15, 0.2) is 0 Å². The van der Waals surface area contributed by atoms with E-state index in [4.69, 9.17) is 0 Å². The van der Waals surface area contributed by atoms with Gasteiger partial charge in [0.05, 0.1) is 5.69 Å². The number of rotatable bonds is 2. The zero-order valence-electron chi connectivity index (χ0n) is 13.4. The van der Waals surface area contributed by atoms with E-state index in [0.29, 0.717) is 5.69 Å². The van der Waals surface area contributed by atoms with Crippen LogP contribution in [0.3, 0.4) is 0 Å². The van der Waals surface area contributed by atoms with E-state index in [0.717, 1.165) is 31.5 Å². The van der Waals surface area contributed by atoms with Crippen molar-refractivity contribution in [2.75, 3.05) is 18.4 Å². The second-order valence-electron chi connectivity index (χ2n) is 6.87. The van der Waals surface area contributed by atoms with Crippen molar-refractivity contribution in [2.45, 2.75) is 52.0 Å². The zero-order chi connectivity index (χ0) is 15.6. The number of piperidine rings is 1. The van der Waals surface area contributed by atoms with Crippen molar-refractivity contribution in [3.05, 3.63) is 29.6 Å². The minimum absolute atomic E-state index is 0.0494. The maximum Gasteiger partial charge on any atom is 0.219 e. The number of halogens is 1. The van der Waals surface area contributed by atoms with E-state index in [2.05, 4.69) is 26.1 Å². The summed E-state index contributed by atoms with van der Waals surface area (Å²) in [6, 6.07) is 5.66. The van der Waals surface area contributed by atoms with Crippen molar-refractivity contribution in [2.24, 2.45) is 0 Å². The summed E-state index contributed by atoms with van der Waals surface area (Å²) in [5.74, 6) is -0.0782. The highest BCUT2D eigenvalue weighted by Gasteiger charge is 2.22. The van der Waals surface area contributed by atoms with E-state index in [9.17, 15) is 9.18 Å². The smallest absolute Gasteiger partial charge is 0.219 e. The fraction of sp³-hybridized carbons (Fsp3) is 0.588. The third-order valence-electron chi connectivity index (χ3n) is 4.14. The van der Waals surface area contributed by atoms with Crippen LogP contribution < -0.4 is 5.32 Å². The lowest BCUT2D eigenvalue weighted by atomic mass is 9.87. The molecule has 2 rings (SSSR count). The summed E-state index contributed by atoms with van der Waals surface area (Å²) in [4.78, 5) is 13.1. The Morgan fingerprint density at radius 1 is 1.29 bits per heavy atom. The number of nitrogens with zero attached hydrogens (tertiary/aromatic N) is 1. The Kier molecular flexibility index (Phi) is 4.55. The standard InChI is InChI=1S/C17H25FN2O/c1-12(21)20-9-7-14(8-10-20)19-16-6-5-13(11-15(16)18)17(2,3)4/h5-6,11,14,19H,7-10H2,1-4H3. The molecule has 0 spiro atoms. The Balaban J connectivity index is 2.00. The largest absolute Gasteiger partial charge is 0.380 e. The Hall–Kier alpha value is -1.58. The van der Waals surface area contributed by atoms with Crippen molar-refractivity contribution in [3.8, 4) is 0 Å². The minimum Gasteiger partial charge on any atom is -0.380 e. The molecule has 0 aliphatic carbocycles. The van der Waals surface area contributed by atoms with Gasteiger partial charge in [-0.15, -0.1) is 0 Å². The van der Waals surface area contributed by atoms with Gasteiger partial charge in [0, 0.05) is 26.1 Å². The van der Waals surface area contributed by atoms with E-state index in [1.807, 2.05) is 17.0 Å². The molecule has 4 heteroatoms. The van der Waals surface area contributed by atoms with Gasteiger partial charge in [0.1, 0.15) is 5.82 Å². The molecule has 1 fully saturated rings. The lowest BCUT2D eigenvalue weighted by Gasteiger charge is -2.32. The van der Waals surface area contributed by atoms with Gasteiger partial charge in [-0.3, -0.25) is 4.79 Å². The zero-order valence-corrected chi connectivity index (χ0v) is 13.4. The summed E-state index contributed by atoms with van der Waals surface area (Å²) in [5.41, 5.74) is 1.51. The average Bonchev–Trinajstić information content (AvgIpc) is 2.40. The van der Waals surface area contributed by atoms with Gasteiger partial charge in [-0.05, 0) is 36.0 Å². The highest BCUT2D eigenvalue weighted by molar-refractivity contribution is 5.73. The summed E-state index contributed by atoms with van der Waals surface area (Å²) in [6.45, 7) is 9.31. The van der Waals surface area contributed by atoms with Crippen LogP contribution in [-0.2, 0) is 10.2 Å². The van der Waals surface area contributed by atoms with Gasteiger partial charge in [-0.1, -0.05) is 26.8 Å². The molecule has 1 aromatic carbocycles. The van der Waals surface area contributed by atoms with Crippen molar-refractivity contribution in [3.63, 3.8) is 0 Å². The number of amides is 1. The van der Waals surface area contributed by atoms with Crippen LogP contribution in [-0.4, -0.2) is 29.9 Å². The SMILES string of the molecule is CC(=O)N1CCC(Nc2ccc(C(C)(C)C)cc2F)CC1. The fourth-order valence-corrected chi connectivity index (χ4v) is 2.66. The summed E-state index contributed by atoms with van der Waals surface area (Å²) < 4.78 is 14.2. The monoisotopic (exact) mass is 292 g/mol. The molecule has 1 saturated heterocycles. The maximum atomic E-state index is 14.2. The van der Waals surface area contributed by atoms with Crippen LogP contribution in [0.2, 0.25) is 0 Å². The number of benzene rings is 1. The molecule has 1 N–H and O–H groups in total. The summed E-state index contributed by atoms with van der Waals surface area (Å²) in [5, 5.41) is 3.27. The molecular formula is C17H25FN2O. The second-order valence-corrected chi connectivity index (χ2v) is 6.87. The van der Waals surface area contributed by atoms with Gasteiger partial charge in [-0.25, -0.2) is 4.39 Å². The van der Waals surface area contributed by atoms with Crippen LogP contribution >= 0.6 is 0 Å². The van der Waals surface area contributed by atoms with Crippen molar-refractivity contribution in [1.29, 1.82) is 0 Å². The highest BCUT2D eigenvalue weighted by atomic mass is 19.1. The lowest BCUT2D eigenvalue weighted by Crippen LogP contribution is -2.41. The van der Waals surface area contributed by atoms with Gasteiger partial charge in [0.25, 0.3) is 0 Å². The van der Waals surface area contributed by atoms with Crippen LogP contribution in [0.4, 0.5) is 10.1 Å². The van der Waals surface area contributed by atoms with E-state index in [1.54, 1.807) is 13.0 Å². The molecule has 0 saturated carbocycles. The number of carbonyl (C=O) groups excluding carboxylic acids is 1. The number of hydrogen-bond acceptors (Lipinski definition) is 2.